The van der Waals surface area contributed by atoms with Crippen LogP contribution in [0.2, 0.25) is 0 Å². The van der Waals surface area contributed by atoms with Gasteiger partial charge in [-0.1, -0.05) is 13.8 Å². The molecule has 14 heavy (non-hydrogen) atoms. The van der Waals surface area contributed by atoms with Crippen molar-refractivity contribution in [3.8, 4) is 0 Å². The summed E-state index contributed by atoms with van der Waals surface area (Å²) in [7, 11) is 0. The van der Waals surface area contributed by atoms with Crippen molar-refractivity contribution in [3.05, 3.63) is 29.1 Å². The summed E-state index contributed by atoms with van der Waals surface area (Å²) in [5, 5.41) is 2.81. The van der Waals surface area contributed by atoms with E-state index in [1.165, 1.54) is 0 Å². The zero-order chi connectivity index (χ0) is 10.1. The molecule has 74 valence electrons. The van der Waals surface area contributed by atoms with E-state index in [9.17, 15) is 4.79 Å². The van der Waals surface area contributed by atoms with E-state index >= 15 is 0 Å². The third-order valence-electron chi connectivity index (χ3n) is 2.53. The summed E-state index contributed by atoms with van der Waals surface area (Å²) in [5.74, 6) is 0.430. The van der Waals surface area contributed by atoms with Crippen LogP contribution in [0.5, 0.6) is 0 Å². The van der Waals surface area contributed by atoms with Gasteiger partial charge in [-0.05, 0) is 24.0 Å². The van der Waals surface area contributed by atoms with Crippen LogP contribution in [0.15, 0.2) is 12.3 Å². The lowest BCUT2D eigenvalue weighted by Crippen LogP contribution is -2.32. The molecule has 0 saturated heterocycles. The van der Waals surface area contributed by atoms with Crippen molar-refractivity contribution in [1.82, 2.24) is 10.3 Å². The molecule has 1 aliphatic rings. The molecule has 1 aliphatic heterocycles. The monoisotopic (exact) mass is 190 g/mol. The molecule has 1 aromatic rings. The number of aromatic nitrogens is 1. The van der Waals surface area contributed by atoms with Gasteiger partial charge in [-0.2, -0.15) is 0 Å². The molecule has 0 aliphatic carbocycles. The molecule has 0 aromatic carbocycles. The van der Waals surface area contributed by atoms with E-state index in [1.54, 1.807) is 6.20 Å². The summed E-state index contributed by atoms with van der Waals surface area (Å²) in [6.45, 7) is 4.96. The van der Waals surface area contributed by atoms with Gasteiger partial charge in [-0.25, -0.2) is 0 Å². The smallest absolute Gasteiger partial charge is 0.253 e. The van der Waals surface area contributed by atoms with E-state index in [-0.39, 0.29) is 5.91 Å². The fourth-order valence-corrected chi connectivity index (χ4v) is 1.65. The van der Waals surface area contributed by atoms with Gasteiger partial charge in [0, 0.05) is 18.4 Å². The van der Waals surface area contributed by atoms with Crippen LogP contribution in [0.25, 0.3) is 0 Å². The number of rotatable bonds is 1. The van der Waals surface area contributed by atoms with Gasteiger partial charge in [0.25, 0.3) is 5.91 Å². The van der Waals surface area contributed by atoms with Crippen LogP contribution < -0.4 is 5.32 Å². The molecule has 0 bridgehead atoms. The maximum absolute atomic E-state index is 11.4. The first-order valence-electron chi connectivity index (χ1n) is 4.95. The number of carbonyl (C=O) groups is 1. The van der Waals surface area contributed by atoms with Crippen molar-refractivity contribution < 1.29 is 4.79 Å². The zero-order valence-electron chi connectivity index (χ0n) is 8.50. The molecule has 0 atom stereocenters. The highest BCUT2D eigenvalue weighted by atomic mass is 16.1. The van der Waals surface area contributed by atoms with Gasteiger partial charge in [0.2, 0.25) is 0 Å². The Labute approximate surface area is 83.5 Å². The minimum atomic E-state index is 0.00839. The Balaban J connectivity index is 2.44. The molecule has 1 aromatic heterocycles. The first-order chi connectivity index (χ1) is 6.68. The molecular weight excluding hydrogens is 176 g/mol. The lowest BCUT2D eigenvalue weighted by molar-refractivity contribution is 0.0945. The minimum Gasteiger partial charge on any atom is -0.352 e. The minimum absolute atomic E-state index is 0.00839. The first kappa shape index (κ1) is 9.19. The Morgan fingerprint density at radius 2 is 2.29 bits per heavy atom. The highest BCUT2D eigenvalue weighted by molar-refractivity contribution is 5.96. The van der Waals surface area contributed by atoms with E-state index in [1.807, 2.05) is 0 Å². The zero-order valence-corrected chi connectivity index (χ0v) is 8.50. The molecule has 0 saturated carbocycles. The number of pyridine rings is 1. The largest absolute Gasteiger partial charge is 0.352 e. The van der Waals surface area contributed by atoms with Crippen molar-refractivity contribution in [2.45, 2.75) is 26.2 Å². The SMILES string of the molecule is CC(C)c1cc2c(cn1)C(=O)NCC2. The van der Waals surface area contributed by atoms with E-state index in [0.717, 1.165) is 29.8 Å². The summed E-state index contributed by atoms with van der Waals surface area (Å²) in [4.78, 5) is 15.7. The Hall–Kier alpha value is -1.38. The standard InChI is InChI=1S/C11H14N2O/c1-7(2)10-5-8-3-4-12-11(14)9(8)6-13-10/h5-7H,3-4H2,1-2H3,(H,12,14). The molecule has 0 unspecified atom stereocenters. The normalized spacial score (nSPS) is 15.2. The second kappa shape index (κ2) is 3.40. The van der Waals surface area contributed by atoms with Crippen LogP contribution in [-0.4, -0.2) is 17.4 Å². The molecule has 1 amide bonds. The molecule has 3 heteroatoms. The molecular formula is C11H14N2O. The van der Waals surface area contributed by atoms with Crippen molar-refractivity contribution >= 4 is 5.91 Å². The lowest BCUT2D eigenvalue weighted by atomic mass is 9.99. The third-order valence-corrected chi connectivity index (χ3v) is 2.53. The van der Waals surface area contributed by atoms with Crippen molar-refractivity contribution in [1.29, 1.82) is 0 Å². The van der Waals surface area contributed by atoms with E-state index in [2.05, 4.69) is 30.2 Å². The molecule has 3 nitrogen and oxygen atoms in total. The molecule has 0 fully saturated rings. The molecule has 1 N–H and O–H groups in total. The Bertz CT molecular complexity index is 372. The maximum atomic E-state index is 11.4. The van der Waals surface area contributed by atoms with Gasteiger partial charge in [0.05, 0.1) is 5.56 Å². The number of hydrogen-bond acceptors (Lipinski definition) is 2. The second-order valence-corrected chi connectivity index (χ2v) is 3.93. The first-order valence-corrected chi connectivity index (χ1v) is 4.95. The summed E-state index contributed by atoms with van der Waals surface area (Å²) in [5.41, 5.74) is 2.94. The molecule has 2 heterocycles. The van der Waals surface area contributed by atoms with Gasteiger partial charge < -0.3 is 5.32 Å². The highest BCUT2D eigenvalue weighted by Crippen LogP contribution is 2.18. The summed E-state index contributed by atoms with van der Waals surface area (Å²) in [6.07, 6.45) is 2.61. The average Bonchev–Trinajstić information content (AvgIpc) is 2.17. The quantitative estimate of drug-likeness (QED) is 0.729. The predicted octanol–water partition coefficient (Wildman–Crippen LogP) is 1.49. The Kier molecular flexibility index (Phi) is 2.23. The predicted molar refractivity (Wildman–Crippen MR) is 54.4 cm³/mol. The second-order valence-electron chi connectivity index (χ2n) is 3.93. The van der Waals surface area contributed by atoms with Crippen molar-refractivity contribution in [2.75, 3.05) is 6.54 Å². The van der Waals surface area contributed by atoms with Crippen LogP contribution in [-0.2, 0) is 6.42 Å². The molecule has 2 rings (SSSR count). The van der Waals surface area contributed by atoms with Gasteiger partial charge in [-0.15, -0.1) is 0 Å². The Morgan fingerprint density at radius 3 is 3.00 bits per heavy atom. The number of hydrogen-bond donors (Lipinski definition) is 1. The fourth-order valence-electron chi connectivity index (χ4n) is 1.65. The molecule has 0 spiro atoms. The van der Waals surface area contributed by atoms with Crippen LogP contribution in [0.4, 0.5) is 0 Å². The van der Waals surface area contributed by atoms with Gasteiger partial charge >= 0.3 is 0 Å². The summed E-state index contributed by atoms with van der Waals surface area (Å²) in [6, 6.07) is 2.05. The van der Waals surface area contributed by atoms with Crippen LogP contribution in [0.3, 0.4) is 0 Å². The van der Waals surface area contributed by atoms with Crippen LogP contribution in [0, 0.1) is 0 Å². The highest BCUT2D eigenvalue weighted by Gasteiger charge is 2.17. The van der Waals surface area contributed by atoms with Crippen molar-refractivity contribution in [3.63, 3.8) is 0 Å². The maximum Gasteiger partial charge on any atom is 0.253 e. The van der Waals surface area contributed by atoms with E-state index in [0.29, 0.717) is 5.92 Å². The Morgan fingerprint density at radius 1 is 1.50 bits per heavy atom. The van der Waals surface area contributed by atoms with Gasteiger partial charge in [0.1, 0.15) is 0 Å². The average molecular weight is 190 g/mol. The lowest BCUT2D eigenvalue weighted by Gasteiger charge is -2.17. The number of nitrogens with zero attached hydrogens (tertiary/aromatic N) is 1. The topological polar surface area (TPSA) is 42.0 Å². The number of nitrogens with one attached hydrogen (secondary N) is 1. The number of fused-ring (bicyclic) bond motifs is 1. The van der Waals surface area contributed by atoms with Crippen LogP contribution >= 0.6 is 0 Å². The van der Waals surface area contributed by atoms with Gasteiger partial charge in [-0.3, -0.25) is 9.78 Å². The van der Waals surface area contributed by atoms with E-state index < -0.39 is 0 Å². The third kappa shape index (κ3) is 1.50. The van der Waals surface area contributed by atoms with Crippen molar-refractivity contribution in [2.24, 2.45) is 0 Å². The molecule has 0 radical (unpaired) electrons. The summed E-state index contributed by atoms with van der Waals surface area (Å²) >= 11 is 0. The van der Waals surface area contributed by atoms with E-state index in [4.69, 9.17) is 0 Å². The number of amides is 1. The van der Waals surface area contributed by atoms with Crippen LogP contribution in [0.1, 0.15) is 41.4 Å². The number of carbonyl (C=O) groups excluding carboxylic acids is 1. The fraction of sp³-hybridized carbons (Fsp3) is 0.455. The van der Waals surface area contributed by atoms with Gasteiger partial charge in [0.15, 0.2) is 0 Å². The summed E-state index contributed by atoms with van der Waals surface area (Å²) < 4.78 is 0.